The summed E-state index contributed by atoms with van der Waals surface area (Å²) in [6.45, 7) is -1.23. The predicted molar refractivity (Wildman–Crippen MR) is 198 cm³/mol. The zero-order chi connectivity index (χ0) is 40.1. The summed E-state index contributed by atoms with van der Waals surface area (Å²) in [4.78, 5) is 67.1. The highest BCUT2D eigenvalue weighted by molar-refractivity contribution is 6.72. The number of guanidine groups is 1. The molecule has 0 radical (unpaired) electrons. The quantitative estimate of drug-likeness (QED) is 0.123. The molecule has 2 bridgehead atoms. The maximum atomic E-state index is 14.5. The lowest BCUT2D eigenvalue weighted by Gasteiger charge is -2.40. The van der Waals surface area contributed by atoms with Gasteiger partial charge in [0.25, 0.3) is 0 Å². The van der Waals surface area contributed by atoms with E-state index in [1.807, 2.05) is 0 Å². The molecule has 1 amide bonds. The topological polar surface area (TPSA) is 273 Å². The molecule has 1 fully saturated rings. The number of hydrogen-bond acceptors (Lipinski definition) is 17. The highest BCUT2D eigenvalue weighted by Gasteiger charge is 2.47. The molecule has 8 rings (SSSR count). The number of amides is 1. The van der Waals surface area contributed by atoms with E-state index in [-0.39, 0.29) is 89.5 Å². The second-order valence-electron chi connectivity index (χ2n) is 14.0. The number of anilines is 1. The molecule has 3 aromatic carbocycles. The van der Waals surface area contributed by atoms with Crippen molar-refractivity contribution in [2.24, 2.45) is 20.7 Å². The fraction of sp³-hybridized carbons (Fsp3) is 0.359. The molecular formula is C39H37N5O13. The number of nitrogens with two attached hydrogens (primary N) is 1. The van der Waals surface area contributed by atoms with Gasteiger partial charge in [0.1, 0.15) is 44.0 Å². The van der Waals surface area contributed by atoms with Crippen LogP contribution in [0.15, 0.2) is 63.5 Å². The molecule has 5 aliphatic rings. The first-order chi connectivity index (χ1) is 27.5. The van der Waals surface area contributed by atoms with Gasteiger partial charge < -0.3 is 59.9 Å². The van der Waals surface area contributed by atoms with Crippen LogP contribution in [0.5, 0.6) is 11.5 Å². The maximum Gasteiger partial charge on any atom is 0.302 e. The van der Waals surface area contributed by atoms with Gasteiger partial charge in [-0.3, -0.25) is 19.4 Å². The summed E-state index contributed by atoms with van der Waals surface area (Å²) < 4.78 is 24.6. The monoisotopic (exact) mass is 783 g/mol. The molecule has 0 aromatic heterocycles. The van der Waals surface area contributed by atoms with Crippen molar-refractivity contribution in [1.82, 2.24) is 0 Å². The second-order valence-corrected chi connectivity index (χ2v) is 14.0. The number of aliphatic hydroxyl groups is 5. The fourth-order valence-electron chi connectivity index (χ4n) is 7.64. The molecule has 18 nitrogen and oxygen atoms in total. The van der Waals surface area contributed by atoms with Crippen LogP contribution in [-0.4, -0.2) is 130 Å². The van der Waals surface area contributed by atoms with Gasteiger partial charge in [0, 0.05) is 46.9 Å². The molecule has 7 atom stereocenters. The third kappa shape index (κ3) is 6.69. The number of rotatable bonds is 8. The van der Waals surface area contributed by atoms with E-state index in [0.717, 1.165) is 0 Å². The Labute approximate surface area is 323 Å². The first-order valence-electron chi connectivity index (χ1n) is 18.1. The van der Waals surface area contributed by atoms with Gasteiger partial charge in [-0.2, -0.15) is 9.98 Å². The van der Waals surface area contributed by atoms with E-state index in [4.69, 9.17) is 24.7 Å². The Kier molecular flexibility index (Phi) is 10.3. The first-order valence-corrected chi connectivity index (χ1v) is 18.1. The van der Waals surface area contributed by atoms with Crippen LogP contribution in [0.1, 0.15) is 67.3 Å². The molecule has 4 aliphatic heterocycles. The molecule has 0 unspecified atom stereocenters. The van der Waals surface area contributed by atoms with Crippen LogP contribution >= 0.6 is 0 Å². The summed E-state index contributed by atoms with van der Waals surface area (Å²) >= 11 is 0. The summed E-state index contributed by atoms with van der Waals surface area (Å²) in [6.07, 6.45) is -9.14. The van der Waals surface area contributed by atoms with Crippen molar-refractivity contribution >= 4 is 47.0 Å². The van der Waals surface area contributed by atoms with Gasteiger partial charge in [-0.05, 0) is 41.8 Å². The Hall–Kier alpha value is -5.73. The van der Waals surface area contributed by atoms with Crippen molar-refractivity contribution in [2.45, 2.75) is 62.2 Å². The van der Waals surface area contributed by atoms with Crippen LogP contribution in [0, 0.1) is 0 Å². The van der Waals surface area contributed by atoms with Crippen molar-refractivity contribution in [3.63, 3.8) is 0 Å². The third-order valence-corrected chi connectivity index (χ3v) is 10.5. The van der Waals surface area contributed by atoms with Crippen LogP contribution in [0.25, 0.3) is 0 Å². The number of carbonyl (C=O) groups excluding carboxylic acids is 4. The second kappa shape index (κ2) is 15.3. The molecule has 18 heteroatoms. The third-order valence-electron chi connectivity index (χ3n) is 10.5. The minimum absolute atomic E-state index is 0.0000950. The zero-order valence-corrected chi connectivity index (χ0v) is 30.1. The normalized spacial score (nSPS) is 26.0. The summed E-state index contributed by atoms with van der Waals surface area (Å²) in [6, 6.07) is 12.9. The zero-order valence-electron chi connectivity index (χ0n) is 30.1. The van der Waals surface area contributed by atoms with E-state index in [1.54, 1.807) is 29.2 Å². The minimum atomic E-state index is -1.85. The molecular weight excluding hydrogens is 746 g/mol. The Balaban J connectivity index is 1.37. The molecule has 7 N–H and O–H groups in total. The minimum Gasteiger partial charge on any atom is -0.486 e. The van der Waals surface area contributed by atoms with Gasteiger partial charge in [0.2, 0.25) is 12.2 Å². The molecule has 4 heterocycles. The first kappa shape index (κ1) is 38.2. The molecule has 296 valence electrons. The summed E-state index contributed by atoms with van der Waals surface area (Å²) in [5, 5.41) is 53.5. The SMILES string of the molecule is NC1=NC(=O)C2=NCN(c3ccccc3[C@H]3CCOC[C@@H]4O[C@H](Oc5c3cc3c(c5OC[C@H](O)CC=O)C(=O)c5cc(CO)ccc5C3=O)[C@@H](O)[C@H](O)[C@H]4O)C2=N1. The maximum absolute atomic E-state index is 14.5. The number of benzene rings is 3. The Bertz CT molecular complexity index is 2270. The number of aliphatic hydroxyl groups excluding tert-OH is 5. The van der Waals surface area contributed by atoms with E-state index in [0.29, 0.717) is 23.1 Å². The number of ether oxygens (including phenoxy) is 4. The van der Waals surface area contributed by atoms with E-state index < -0.39 is 73.4 Å². The number of aldehydes is 1. The van der Waals surface area contributed by atoms with Gasteiger partial charge in [-0.15, -0.1) is 0 Å². The van der Waals surface area contributed by atoms with E-state index >= 15 is 0 Å². The highest BCUT2D eigenvalue weighted by Crippen LogP contribution is 2.49. The van der Waals surface area contributed by atoms with Crippen LogP contribution in [-0.2, 0) is 25.7 Å². The Morgan fingerprint density at radius 3 is 2.56 bits per heavy atom. The fourth-order valence-corrected chi connectivity index (χ4v) is 7.64. The molecule has 1 saturated heterocycles. The smallest absolute Gasteiger partial charge is 0.302 e. The van der Waals surface area contributed by atoms with E-state index in [9.17, 15) is 44.7 Å². The number of fused-ring (bicyclic) bond motifs is 6. The van der Waals surface area contributed by atoms with Crippen molar-refractivity contribution in [3.05, 3.63) is 87.5 Å². The number of aliphatic imine (C=N–C) groups is 3. The molecule has 0 spiro atoms. The van der Waals surface area contributed by atoms with Gasteiger partial charge in [-0.1, -0.05) is 24.3 Å². The number of ketones is 2. The Morgan fingerprint density at radius 1 is 0.965 bits per heavy atom. The number of hydrogen-bond donors (Lipinski definition) is 6. The lowest BCUT2D eigenvalue weighted by molar-refractivity contribution is -0.279. The lowest BCUT2D eigenvalue weighted by Crippen LogP contribution is -2.60. The van der Waals surface area contributed by atoms with E-state index in [2.05, 4.69) is 15.0 Å². The number of para-hydroxylation sites is 1. The van der Waals surface area contributed by atoms with Crippen LogP contribution < -0.4 is 20.1 Å². The predicted octanol–water partition coefficient (Wildman–Crippen LogP) is -0.506. The van der Waals surface area contributed by atoms with E-state index in [1.165, 1.54) is 24.3 Å². The van der Waals surface area contributed by atoms with Gasteiger partial charge in [0.05, 0.1) is 24.9 Å². The lowest BCUT2D eigenvalue weighted by atomic mass is 9.78. The average Bonchev–Trinajstić information content (AvgIpc) is 3.62. The molecule has 0 saturated carbocycles. The van der Waals surface area contributed by atoms with Gasteiger partial charge in [-0.25, -0.2) is 0 Å². The average molecular weight is 784 g/mol. The van der Waals surface area contributed by atoms with Crippen molar-refractivity contribution in [3.8, 4) is 11.5 Å². The molecule has 1 aliphatic carbocycles. The van der Waals surface area contributed by atoms with Crippen molar-refractivity contribution < 1.29 is 63.7 Å². The summed E-state index contributed by atoms with van der Waals surface area (Å²) in [7, 11) is 0. The number of carbonyl (C=O) groups is 4. The standard InChI is InChI=1S/C39H37N5O13/c40-39-42-36-28(37(53)43-39)41-16-44(36)25-4-2-1-3-20(25)19-8-10-54-15-26-31(50)32(51)33(52)38(56-26)57-34-23(19)12-24-27(35(34)55-14-18(47)7-9-45)30(49)22-11-17(13-46)5-6-21(22)29(24)48/h1-6,9,11-12,18-19,26,31-33,38,46-47,50-52H,7-8,10,13-16H2,(H2,40,43,53)/t18-,19-,26+,31+,32-,33+,38-/m1/s1. The Morgan fingerprint density at radius 2 is 1.77 bits per heavy atom. The van der Waals surface area contributed by atoms with Gasteiger partial charge >= 0.3 is 5.91 Å². The summed E-state index contributed by atoms with van der Waals surface area (Å²) in [5.74, 6) is -3.38. The molecule has 57 heavy (non-hydrogen) atoms. The number of amidine groups is 1. The van der Waals surface area contributed by atoms with Crippen LogP contribution in [0.2, 0.25) is 0 Å². The molecule has 3 aromatic rings. The van der Waals surface area contributed by atoms with Crippen molar-refractivity contribution in [1.29, 1.82) is 0 Å². The number of nitrogens with zero attached hydrogens (tertiary/aromatic N) is 4. The van der Waals surface area contributed by atoms with Crippen LogP contribution in [0.3, 0.4) is 0 Å². The highest BCUT2D eigenvalue weighted by atomic mass is 16.7. The largest absolute Gasteiger partial charge is 0.486 e. The van der Waals surface area contributed by atoms with Gasteiger partial charge in [0.15, 0.2) is 34.6 Å². The summed E-state index contributed by atoms with van der Waals surface area (Å²) in [5.41, 5.74) is 7.21. The van der Waals surface area contributed by atoms with Crippen LogP contribution in [0.4, 0.5) is 5.69 Å². The van der Waals surface area contributed by atoms with Crippen molar-refractivity contribution in [2.75, 3.05) is 31.4 Å².